The summed E-state index contributed by atoms with van der Waals surface area (Å²) in [5.41, 5.74) is 0.664. The number of rotatable bonds is 4. The molecule has 0 bridgehead atoms. The zero-order chi connectivity index (χ0) is 15.4. The maximum absolute atomic E-state index is 12.0. The van der Waals surface area contributed by atoms with Crippen LogP contribution in [0.2, 0.25) is 0 Å². The lowest BCUT2D eigenvalue weighted by Gasteiger charge is -2.06. The molecule has 1 fully saturated rings. The molecule has 2 N–H and O–H groups in total. The standard InChI is InChI=1S/C15H18N4O2S/c1-21-12-8-4-7-11(9-12)16-14(20)17-15-19-18-13(22-15)10-5-2-3-6-10/h4,7-10H,2-3,5-6H2,1H3,(H2,16,17,19,20). The van der Waals surface area contributed by atoms with Gasteiger partial charge in [-0.3, -0.25) is 5.32 Å². The van der Waals surface area contributed by atoms with Gasteiger partial charge in [0.15, 0.2) is 0 Å². The molecule has 1 aromatic carbocycles. The first-order valence-corrected chi connectivity index (χ1v) is 8.11. The molecule has 2 aromatic rings. The molecule has 7 heteroatoms. The summed E-state index contributed by atoms with van der Waals surface area (Å²) in [6.45, 7) is 0. The molecule has 1 saturated carbocycles. The fourth-order valence-electron chi connectivity index (χ4n) is 2.58. The highest BCUT2D eigenvalue weighted by Gasteiger charge is 2.21. The second-order valence-electron chi connectivity index (χ2n) is 5.24. The summed E-state index contributed by atoms with van der Waals surface area (Å²) in [5, 5.41) is 15.3. The smallest absolute Gasteiger partial charge is 0.325 e. The van der Waals surface area contributed by atoms with Crippen LogP contribution in [0.1, 0.15) is 36.6 Å². The highest BCUT2D eigenvalue weighted by molar-refractivity contribution is 7.15. The van der Waals surface area contributed by atoms with Crippen molar-refractivity contribution in [2.75, 3.05) is 17.7 Å². The van der Waals surface area contributed by atoms with Crippen LogP contribution in [-0.2, 0) is 0 Å². The third-order valence-corrected chi connectivity index (χ3v) is 4.69. The number of anilines is 2. The summed E-state index contributed by atoms with van der Waals surface area (Å²) >= 11 is 1.46. The number of urea groups is 1. The molecule has 22 heavy (non-hydrogen) atoms. The van der Waals surface area contributed by atoms with Crippen molar-refractivity contribution in [2.45, 2.75) is 31.6 Å². The number of benzene rings is 1. The van der Waals surface area contributed by atoms with Crippen LogP contribution in [0.3, 0.4) is 0 Å². The fourth-order valence-corrected chi connectivity index (χ4v) is 3.49. The topological polar surface area (TPSA) is 76.1 Å². The average Bonchev–Trinajstić information content (AvgIpc) is 3.18. The number of carbonyl (C=O) groups is 1. The molecule has 3 rings (SSSR count). The van der Waals surface area contributed by atoms with Gasteiger partial charge in [-0.25, -0.2) is 4.79 Å². The first kappa shape index (κ1) is 14.8. The molecule has 0 spiro atoms. The molecule has 116 valence electrons. The first-order chi connectivity index (χ1) is 10.7. The SMILES string of the molecule is COc1cccc(NC(=O)Nc2nnc(C3CCCC3)s2)c1. The molecule has 1 aliphatic rings. The monoisotopic (exact) mass is 318 g/mol. The highest BCUT2D eigenvalue weighted by atomic mass is 32.1. The van der Waals surface area contributed by atoms with E-state index in [4.69, 9.17) is 4.74 Å². The van der Waals surface area contributed by atoms with Crippen molar-refractivity contribution in [3.05, 3.63) is 29.3 Å². The quantitative estimate of drug-likeness (QED) is 0.898. The van der Waals surface area contributed by atoms with Gasteiger partial charge in [0.05, 0.1) is 7.11 Å². The fraction of sp³-hybridized carbons (Fsp3) is 0.400. The number of carbonyl (C=O) groups excluding carboxylic acids is 1. The minimum atomic E-state index is -0.331. The second-order valence-corrected chi connectivity index (χ2v) is 6.25. The normalized spacial score (nSPS) is 14.8. The van der Waals surface area contributed by atoms with Crippen LogP contribution < -0.4 is 15.4 Å². The molecule has 1 heterocycles. The number of nitrogens with one attached hydrogen (secondary N) is 2. The lowest BCUT2D eigenvalue weighted by Crippen LogP contribution is -2.19. The van der Waals surface area contributed by atoms with E-state index in [0.717, 1.165) is 5.01 Å². The van der Waals surface area contributed by atoms with Gasteiger partial charge in [0.2, 0.25) is 5.13 Å². The first-order valence-electron chi connectivity index (χ1n) is 7.30. The van der Waals surface area contributed by atoms with E-state index in [1.165, 1.54) is 37.0 Å². The summed E-state index contributed by atoms with van der Waals surface area (Å²) in [6.07, 6.45) is 4.85. The van der Waals surface area contributed by atoms with E-state index in [-0.39, 0.29) is 6.03 Å². The van der Waals surface area contributed by atoms with Gasteiger partial charge in [-0.15, -0.1) is 10.2 Å². The molecular weight excluding hydrogens is 300 g/mol. The Morgan fingerprint density at radius 1 is 1.27 bits per heavy atom. The summed E-state index contributed by atoms with van der Waals surface area (Å²) < 4.78 is 5.12. The van der Waals surface area contributed by atoms with Crippen molar-refractivity contribution >= 4 is 28.2 Å². The molecule has 6 nitrogen and oxygen atoms in total. The van der Waals surface area contributed by atoms with Crippen molar-refractivity contribution in [3.8, 4) is 5.75 Å². The molecule has 0 unspecified atom stereocenters. The number of ether oxygens (including phenoxy) is 1. The highest BCUT2D eigenvalue weighted by Crippen LogP contribution is 2.36. The number of methoxy groups -OCH3 is 1. The van der Waals surface area contributed by atoms with Crippen LogP contribution in [0.15, 0.2) is 24.3 Å². The molecule has 0 atom stereocenters. The van der Waals surface area contributed by atoms with Gasteiger partial charge in [0, 0.05) is 17.7 Å². The molecule has 0 radical (unpaired) electrons. The Bertz CT molecular complexity index is 652. The van der Waals surface area contributed by atoms with Crippen LogP contribution in [0, 0.1) is 0 Å². The molecule has 2 amide bonds. The summed E-state index contributed by atoms with van der Waals surface area (Å²) in [5.74, 6) is 1.20. The van der Waals surface area contributed by atoms with Gasteiger partial charge < -0.3 is 10.1 Å². The molecule has 1 aliphatic carbocycles. The predicted molar refractivity (Wildman–Crippen MR) is 86.8 cm³/mol. The summed E-state index contributed by atoms with van der Waals surface area (Å²) in [4.78, 5) is 12.0. The molecule has 1 aromatic heterocycles. The van der Waals surface area contributed by atoms with Crippen molar-refractivity contribution in [3.63, 3.8) is 0 Å². The van der Waals surface area contributed by atoms with E-state index in [9.17, 15) is 4.79 Å². The number of hydrogen-bond acceptors (Lipinski definition) is 5. The minimum absolute atomic E-state index is 0.331. The Morgan fingerprint density at radius 2 is 2.09 bits per heavy atom. The second kappa shape index (κ2) is 6.74. The van der Waals surface area contributed by atoms with E-state index in [0.29, 0.717) is 22.5 Å². The van der Waals surface area contributed by atoms with Gasteiger partial charge in [-0.1, -0.05) is 30.2 Å². The Kier molecular flexibility index (Phi) is 4.53. The van der Waals surface area contributed by atoms with E-state index < -0.39 is 0 Å². The zero-order valence-corrected chi connectivity index (χ0v) is 13.2. The number of aromatic nitrogens is 2. The maximum Gasteiger partial charge on any atom is 0.325 e. The van der Waals surface area contributed by atoms with E-state index in [1.54, 1.807) is 19.2 Å². The largest absolute Gasteiger partial charge is 0.497 e. The van der Waals surface area contributed by atoms with Gasteiger partial charge in [0.1, 0.15) is 10.8 Å². The summed E-state index contributed by atoms with van der Waals surface area (Å²) in [7, 11) is 1.59. The number of hydrogen-bond donors (Lipinski definition) is 2. The van der Waals surface area contributed by atoms with Crippen molar-refractivity contribution in [1.29, 1.82) is 0 Å². The van der Waals surface area contributed by atoms with Crippen LogP contribution in [0.25, 0.3) is 0 Å². The van der Waals surface area contributed by atoms with Crippen LogP contribution in [0.5, 0.6) is 5.75 Å². The number of nitrogens with zero attached hydrogens (tertiary/aromatic N) is 2. The Hall–Kier alpha value is -2.15. The van der Waals surface area contributed by atoms with E-state index >= 15 is 0 Å². The Labute approximate surface area is 132 Å². The van der Waals surface area contributed by atoms with Crippen LogP contribution >= 0.6 is 11.3 Å². The Morgan fingerprint density at radius 3 is 2.86 bits per heavy atom. The number of amides is 2. The zero-order valence-electron chi connectivity index (χ0n) is 12.3. The lowest BCUT2D eigenvalue weighted by molar-refractivity contribution is 0.262. The maximum atomic E-state index is 12.0. The minimum Gasteiger partial charge on any atom is -0.497 e. The van der Waals surface area contributed by atoms with Crippen molar-refractivity contribution < 1.29 is 9.53 Å². The Balaban J connectivity index is 1.59. The van der Waals surface area contributed by atoms with Gasteiger partial charge in [-0.05, 0) is 25.0 Å². The van der Waals surface area contributed by atoms with Crippen LogP contribution in [0.4, 0.5) is 15.6 Å². The molecular formula is C15H18N4O2S. The third-order valence-electron chi connectivity index (χ3n) is 3.69. The summed E-state index contributed by atoms with van der Waals surface area (Å²) in [6, 6.07) is 6.86. The van der Waals surface area contributed by atoms with Gasteiger partial charge in [0.25, 0.3) is 0 Å². The third kappa shape index (κ3) is 3.54. The van der Waals surface area contributed by atoms with E-state index in [1.807, 2.05) is 12.1 Å². The van der Waals surface area contributed by atoms with Gasteiger partial charge >= 0.3 is 6.03 Å². The lowest BCUT2D eigenvalue weighted by atomic mass is 10.1. The molecule has 0 aliphatic heterocycles. The van der Waals surface area contributed by atoms with Crippen molar-refractivity contribution in [1.82, 2.24) is 10.2 Å². The predicted octanol–water partition coefficient (Wildman–Crippen LogP) is 3.85. The average molecular weight is 318 g/mol. The molecule has 0 saturated heterocycles. The van der Waals surface area contributed by atoms with Crippen molar-refractivity contribution in [2.24, 2.45) is 0 Å². The van der Waals surface area contributed by atoms with E-state index in [2.05, 4.69) is 20.8 Å². The van der Waals surface area contributed by atoms with Crippen LogP contribution in [-0.4, -0.2) is 23.3 Å². The van der Waals surface area contributed by atoms with Gasteiger partial charge in [-0.2, -0.15) is 0 Å².